The summed E-state index contributed by atoms with van der Waals surface area (Å²) in [6.45, 7) is 1.80. The van der Waals surface area contributed by atoms with E-state index in [4.69, 9.17) is 0 Å². The van der Waals surface area contributed by atoms with Gasteiger partial charge in [0, 0.05) is 18.7 Å². The number of carbonyl (C=O) groups excluding carboxylic acids is 1. The molecule has 1 heterocycles. The first-order valence-electron chi connectivity index (χ1n) is 6.63. The molecular weight excluding hydrogens is 244 g/mol. The van der Waals surface area contributed by atoms with Crippen LogP contribution in [0, 0.1) is 10.1 Å². The Kier molecular flexibility index (Phi) is 4.63. The molecule has 1 aromatic rings. The third-order valence-electron chi connectivity index (χ3n) is 3.66. The normalized spacial score (nSPS) is 20.1. The number of rotatable bonds is 5. The highest BCUT2D eigenvalue weighted by Gasteiger charge is 2.21. The molecule has 1 atom stereocenters. The zero-order valence-corrected chi connectivity index (χ0v) is 10.8. The molecule has 0 saturated carbocycles. The van der Waals surface area contributed by atoms with Crippen molar-refractivity contribution < 1.29 is 9.72 Å². The molecule has 1 fully saturated rings. The molecule has 1 saturated heterocycles. The van der Waals surface area contributed by atoms with E-state index in [2.05, 4.69) is 4.90 Å². The lowest BCUT2D eigenvalue weighted by Gasteiger charge is -2.32. The monoisotopic (exact) mass is 262 g/mol. The van der Waals surface area contributed by atoms with Crippen LogP contribution in [0.4, 0.5) is 5.69 Å². The van der Waals surface area contributed by atoms with Crippen LogP contribution in [0.25, 0.3) is 0 Å². The van der Waals surface area contributed by atoms with Crippen LogP contribution < -0.4 is 0 Å². The predicted octanol–water partition coefficient (Wildman–Crippen LogP) is 2.19. The summed E-state index contributed by atoms with van der Waals surface area (Å²) >= 11 is 0. The molecule has 1 unspecified atom stereocenters. The third-order valence-corrected chi connectivity index (χ3v) is 3.66. The van der Waals surface area contributed by atoms with Crippen molar-refractivity contribution in [3.63, 3.8) is 0 Å². The van der Waals surface area contributed by atoms with E-state index in [1.54, 1.807) is 12.1 Å². The van der Waals surface area contributed by atoms with Crippen molar-refractivity contribution in [1.29, 1.82) is 0 Å². The second-order valence-corrected chi connectivity index (χ2v) is 4.91. The van der Waals surface area contributed by atoms with E-state index < -0.39 is 4.92 Å². The molecule has 0 aromatic heterocycles. The van der Waals surface area contributed by atoms with E-state index in [1.165, 1.54) is 12.1 Å². The van der Waals surface area contributed by atoms with Crippen LogP contribution in [0.15, 0.2) is 24.3 Å². The van der Waals surface area contributed by atoms with Crippen molar-refractivity contribution in [3.8, 4) is 0 Å². The summed E-state index contributed by atoms with van der Waals surface area (Å²) in [6.07, 6.45) is 5.07. The summed E-state index contributed by atoms with van der Waals surface area (Å²) in [5.74, 6) is 0. The average molecular weight is 262 g/mol. The van der Waals surface area contributed by atoms with Crippen molar-refractivity contribution in [2.45, 2.75) is 31.7 Å². The van der Waals surface area contributed by atoms with E-state index in [1.807, 2.05) is 0 Å². The SMILES string of the molecule is O=CC1CCCCN1CCc1ccc([N+](=O)[O-])cc1. The number of non-ortho nitro benzene ring substituents is 1. The van der Waals surface area contributed by atoms with E-state index >= 15 is 0 Å². The highest BCUT2D eigenvalue weighted by molar-refractivity contribution is 5.57. The largest absolute Gasteiger partial charge is 0.302 e. The lowest BCUT2D eigenvalue weighted by molar-refractivity contribution is -0.384. The zero-order valence-electron chi connectivity index (χ0n) is 10.8. The van der Waals surface area contributed by atoms with Gasteiger partial charge in [0.05, 0.1) is 11.0 Å². The topological polar surface area (TPSA) is 63.5 Å². The van der Waals surface area contributed by atoms with Crippen molar-refractivity contribution in [3.05, 3.63) is 39.9 Å². The van der Waals surface area contributed by atoms with Gasteiger partial charge >= 0.3 is 0 Å². The summed E-state index contributed by atoms with van der Waals surface area (Å²) in [7, 11) is 0. The predicted molar refractivity (Wildman–Crippen MR) is 72.1 cm³/mol. The van der Waals surface area contributed by atoms with Gasteiger partial charge in [-0.1, -0.05) is 18.6 Å². The number of benzene rings is 1. The molecule has 0 radical (unpaired) electrons. The van der Waals surface area contributed by atoms with Crippen LogP contribution in [0.1, 0.15) is 24.8 Å². The van der Waals surface area contributed by atoms with Crippen LogP contribution in [0.5, 0.6) is 0 Å². The molecule has 0 bridgehead atoms. The van der Waals surface area contributed by atoms with Crippen LogP contribution in [0.2, 0.25) is 0 Å². The Morgan fingerprint density at radius 3 is 2.68 bits per heavy atom. The zero-order chi connectivity index (χ0) is 13.7. The number of carbonyl (C=O) groups is 1. The average Bonchev–Trinajstić information content (AvgIpc) is 2.45. The number of hydrogen-bond acceptors (Lipinski definition) is 4. The van der Waals surface area contributed by atoms with E-state index in [9.17, 15) is 14.9 Å². The first kappa shape index (κ1) is 13.7. The summed E-state index contributed by atoms with van der Waals surface area (Å²) in [5, 5.41) is 10.6. The third kappa shape index (κ3) is 3.61. The Balaban J connectivity index is 1.90. The maximum Gasteiger partial charge on any atom is 0.269 e. The molecular formula is C14H18N2O3. The molecule has 0 N–H and O–H groups in total. The fraction of sp³-hybridized carbons (Fsp3) is 0.500. The Hall–Kier alpha value is -1.75. The minimum Gasteiger partial charge on any atom is -0.302 e. The molecule has 2 rings (SSSR count). The second kappa shape index (κ2) is 6.43. The van der Waals surface area contributed by atoms with Gasteiger partial charge in [0.25, 0.3) is 5.69 Å². The molecule has 0 spiro atoms. The molecule has 1 aliphatic heterocycles. The minimum absolute atomic E-state index is 0.0480. The lowest BCUT2D eigenvalue weighted by Crippen LogP contribution is -2.41. The first-order chi connectivity index (χ1) is 9.20. The Morgan fingerprint density at radius 2 is 2.05 bits per heavy atom. The van der Waals surface area contributed by atoms with Gasteiger partial charge in [-0.05, 0) is 31.4 Å². The van der Waals surface area contributed by atoms with Gasteiger partial charge in [-0.15, -0.1) is 0 Å². The smallest absolute Gasteiger partial charge is 0.269 e. The quantitative estimate of drug-likeness (QED) is 0.463. The van der Waals surface area contributed by atoms with E-state index in [-0.39, 0.29) is 11.7 Å². The van der Waals surface area contributed by atoms with Gasteiger partial charge in [-0.3, -0.25) is 15.0 Å². The second-order valence-electron chi connectivity index (χ2n) is 4.91. The van der Waals surface area contributed by atoms with Gasteiger partial charge in [-0.2, -0.15) is 0 Å². The number of nitro groups is 1. The fourth-order valence-corrected chi connectivity index (χ4v) is 2.51. The van der Waals surface area contributed by atoms with Crippen LogP contribution >= 0.6 is 0 Å². The van der Waals surface area contributed by atoms with Gasteiger partial charge < -0.3 is 4.79 Å². The Bertz CT molecular complexity index is 445. The number of aldehydes is 1. The Labute approximate surface area is 112 Å². The van der Waals surface area contributed by atoms with E-state index in [0.717, 1.165) is 50.6 Å². The number of piperidine rings is 1. The Morgan fingerprint density at radius 1 is 1.32 bits per heavy atom. The van der Waals surface area contributed by atoms with Crippen LogP contribution in [-0.4, -0.2) is 35.2 Å². The highest BCUT2D eigenvalue weighted by atomic mass is 16.6. The molecule has 1 aliphatic rings. The maximum absolute atomic E-state index is 11.0. The minimum atomic E-state index is -0.392. The van der Waals surface area contributed by atoms with Crippen molar-refractivity contribution in [1.82, 2.24) is 4.90 Å². The summed E-state index contributed by atoms with van der Waals surface area (Å²) in [6, 6.07) is 6.69. The summed E-state index contributed by atoms with van der Waals surface area (Å²) < 4.78 is 0. The molecule has 102 valence electrons. The summed E-state index contributed by atoms with van der Waals surface area (Å²) in [5.41, 5.74) is 1.19. The van der Waals surface area contributed by atoms with Gasteiger partial charge in [-0.25, -0.2) is 0 Å². The van der Waals surface area contributed by atoms with Crippen LogP contribution in [-0.2, 0) is 11.2 Å². The fourth-order valence-electron chi connectivity index (χ4n) is 2.51. The molecule has 0 aliphatic carbocycles. The van der Waals surface area contributed by atoms with Gasteiger partial charge in [0.1, 0.15) is 6.29 Å². The molecule has 0 amide bonds. The van der Waals surface area contributed by atoms with Crippen molar-refractivity contribution in [2.24, 2.45) is 0 Å². The molecule has 1 aromatic carbocycles. The maximum atomic E-state index is 11.0. The molecule has 5 heteroatoms. The number of hydrogen-bond donors (Lipinski definition) is 0. The standard InChI is InChI=1S/C14H18N2O3/c17-11-14-3-1-2-9-15(14)10-8-12-4-6-13(7-5-12)16(18)19/h4-7,11,14H,1-3,8-10H2. The number of nitro benzene ring substituents is 1. The van der Waals surface area contributed by atoms with Gasteiger partial charge in [0.15, 0.2) is 0 Å². The first-order valence-corrected chi connectivity index (χ1v) is 6.63. The van der Waals surface area contributed by atoms with Crippen LogP contribution in [0.3, 0.4) is 0 Å². The summed E-state index contributed by atoms with van der Waals surface area (Å²) in [4.78, 5) is 23.4. The molecule has 19 heavy (non-hydrogen) atoms. The number of likely N-dealkylation sites (tertiary alicyclic amines) is 1. The highest BCUT2D eigenvalue weighted by Crippen LogP contribution is 2.17. The van der Waals surface area contributed by atoms with Crippen molar-refractivity contribution in [2.75, 3.05) is 13.1 Å². The van der Waals surface area contributed by atoms with Crippen molar-refractivity contribution >= 4 is 12.0 Å². The lowest BCUT2D eigenvalue weighted by atomic mass is 10.0. The van der Waals surface area contributed by atoms with Gasteiger partial charge in [0.2, 0.25) is 0 Å². The molecule has 5 nitrogen and oxygen atoms in total. The van der Waals surface area contributed by atoms with E-state index in [0.29, 0.717) is 0 Å². The number of nitrogens with zero attached hydrogens (tertiary/aromatic N) is 2.